The Balaban J connectivity index is 1.65. The van der Waals surface area contributed by atoms with Gasteiger partial charge < -0.3 is 15.5 Å². The lowest BCUT2D eigenvalue weighted by Crippen LogP contribution is -2.51. The summed E-state index contributed by atoms with van der Waals surface area (Å²) in [7, 11) is 0. The van der Waals surface area contributed by atoms with Crippen molar-refractivity contribution >= 4 is 17.7 Å². The Labute approximate surface area is 141 Å². The molecule has 1 atom stereocenters. The van der Waals surface area contributed by atoms with Gasteiger partial charge in [-0.2, -0.15) is 10.1 Å². The third-order valence-electron chi connectivity index (χ3n) is 4.29. The molecular formula is C16H23N7O. The number of hydrogen-bond acceptors (Lipinski definition) is 6. The molecule has 0 unspecified atom stereocenters. The molecule has 3 heterocycles. The minimum atomic E-state index is -0.233. The van der Waals surface area contributed by atoms with Crippen molar-refractivity contribution in [1.82, 2.24) is 24.6 Å². The zero-order valence-corrected chi connectivity index (χ0v) is 14.1. The quantitative estimate of drug-likeness (QED) is 0.894. The molecule has 0 bridgehead atoms. The molecule has 1 saturated heterocycles. The van der Waals surface area contributed by atoms with Gasteiger partial charge >= 0.3 is 0 Å². The number of nitrogens with two attached hydrogens (primary N) is 1. The van der Waals surface area contributed by atoms with Crippen molar-refractivity contribution in [3.63, 3.8) is 0 Å². The first kappa shape index (κ1) is 16.2. The SMILES string of the molecule is CC[C@@H](C(=O)N1CCN(c2cc(C)nc(N)n2)CC1)n1cccn1. The number of nitrogen functional groups attached to an aromatic ring is 1. The maximum Gasteiger partial charge on any atom is 0.247 e. The van der Waals surface area contributed by atoms with E-state index in [1.54, 1.807) is 10.9 Å². The highest BCUT2D eigenvalue weighted by Gasteiger charge is 2.28. The van der Waals surface area contributed by atoms with Gasteiger partial charge in [0.25, 0.3) is 0 Å². The van der Waals surface area contributed by atoms with E-state index in [1.165, 1.54) is 0 Å². The number of piperazine rings is 1. The monoisotopic (exact) mass is 329 g/mol. The number of aromatic nitrogens is 4. The van der Waals surface area contributed by atoms with E-state index in [0.29, 0.717) is 13.1 Å². The molecule has 8 heteroatoms. The van der Waals surface area contributed by atoms with Crippen LogP contribution in [-0.2, 0) is 4.79 Å². The van der Waals surface area contributed by atoms with Crippen LogP contribution in [0.2, 0.25) is 0 Å². The van der Waals surface area contributed by atoms with E-state index in [1.807, 2.05) is 37.1 Å². The van der Waals surface area contributed by atoms with E-state index in [2.05, 4.69) is 20.0 Å². The van der Waals surface area contributed by atoms with Gasteiger partial charge in [0, 0.05) is 50.3 Å². The molecule has 2 aromatic rings. The summed E-state index contributed by atoms with van der Waals surface area (Å²) in [5.74, 6) is 1.23. The molecule has 1 fully saturated rings. The van der Waals surface area contributed by atoms with Crippen molar-refractivity contribution in [1.29, 1.82) is 0 Å². The minimum absolute atomic E-state index is 0.124. The average Bonchev–Trinajstić information content (AvgIpc) is 3.09. The fourth-order valence-electron chi connectivity index (χ4n) is 3.04. The predicted molar refractivity (Wildman–Crippen MR) is 91.5 cm³/mol. The molecule has 3 rings (SSSR count). The summed E-state index contributed by atoms with van der Waals surface area (Å²) in [5.41, 5.74) is 6.58. The summed E-state index contributed by atoms with van der Waals surface area (Å²) in [6.07, 6.45) is 4.27. The Morgan fingerprint density at radius 3 is 2.62 bits per heavy atom. The van der Waals surface area contributed by atoms with E-state index in [4.69, 9.17) is 5.73 Å². The molecule has 2 aromatic heterocycles. The van der Waals surface area contributed by atoms with Crippen molar-refractivity contribution in [2.75, 3.05) is 36.8 Å². The standard InChI is InChI=1S/C16H23N7O/c1-3-13(23-6-4-5-18-23)15(24)22-9-7-21(8-10-22)14-11-12(2)19-16(17)20-14/h4-6,11,13H,3,7-10H2,1-2H3,(H2,17,19,20)/t13-/m0/s1. The third-order valence-corrected chi connectivity index (χ3v) is 4.29. The molecule has 128 valence electrons. The summed E-state index contributed by atoms with van der Waals surface area (Å²) in [5, 5.41) is 4.21. The van der Waals surface area contributed by atoms with Crippen LogP contribution < -0.4 is 10.6 Å². The van der Waals surface area contributed by atoms with Crippen LogP contribution in [0, 0.1) is 6.92 Å². The van der Waals surface area contributed by atoms with Gasteiger partial charge in [-0.1, -0.05) is 6.92 Å². The number of rotatable bonds is 4. The highest BCUT2D eigenvalue weighted by Crippen LogP contribution is 2.19. The number of carbonyl (C=O) groups is 1. The second kappa shape index (κ2) is 6.86. The molecule has 0 aliphatic carbocycles. The van der Waals surface area contributed by atoms with Crippen molar-refractivity contribution < 1.29 is 4.79 Å². The highest BCUT2D eigenvalue weighted by atomic mass is 16.2. The zero-order valence-electron chi connectivity index (χ0n) is 14.1. The van der Waals surface area contributed by atoms with Gasteiger partial charge in [0.05, 0.1) is 0 Å². The van der Waals surface area contributed by atoms with Crippen LogP contribution in [0.25, 0.3) is 0 Å². The van der Waals surface area contributed by atoms with E-state index >= 15 is 0 Å². The lowest BCUT2D eigenvalue weighted by Gasteiger charge is -2.37. The van der Waals surface area contributed by atoms with Gasteiger partial charge in [-0.15, -0.1) is 0 Å². The second-order valence-corrected chi connectivity index (χ2v) is 5.95. The van der Waals surface area contributed by atoms with Gasteiger partial charge in [0.15, 0.2) is 0 Å². The molecule has 24 heavy (non-hydrogen) atoms. The van der Waals surface area contributed by atoms with E-state index in [0.717, 1.165) is 31.0 Å². The number of anilines is 2. The Morgan fingerprint density at radius 1 is 1.29 bits per heavy atom. The maximum atomic E-state index is 12.8. The third kappa shape index (κ3) is 3.32. The van der Waals surface area contributed by atoms with Crippen LogP contribution in [0.5, 0.6) is 0 Å². The fraction of sp³-hybridized carbons (Fsp3) is 0.500. The van der Waals surface area contributed by atoms with Crippen molar-refractivity contribution in [2.24, 2.45) is 0 Å². The van der Waals surface area contributed by atoms with E-state index in [9.17, 15) is 4.79 Å². The molecule has 0 radical (unpaired) electrons. The maximum absolute atomic E-state index is 12.8. The fourth-order valence-corrected chi connectivity index (χ4v) is 3.04. The van der Waals surface area contributed by atoms with Crippen molar-refractivity contribution in [2.45, 2.75) is 26.3 Å². The largest absolute Gasteiger partial charge is 0.368 e. The smallest absolute Gasteiger partial charge is 0.247 e. The average molecular weight is 329 g/mol. The zero-order chi connectivity index (χ0) is 17.1. The molecule has 8 nitrogen and oxygen atoms in total. The van der Waals surface area contributed by atoms with Crippen molar-refractivity contribution in [3.8, 4) is 0 Å². The number of aryl methyl sites for hydroxylation is 1. The van der Waals surface area contributed by atoms with Crippen molar-refractivity contribution in [3.05, 3.63) is 30.2 Å². The van der Waals surface area contributed by atoms with Crippen LogP contribution >= 0.6 is 0 Å². The molecule has 0 saturated carbocycles. The Morgan fingerprint density at radius 2 is 2.04 bits per heavy atom. The molecule has 0 aromatic carbocycles. The molecule has 1 aliphatic heterocycles. The van der Waals surface area contributed by atoms with E-state index in [-0.39, 0.29) is 17.9 Å². The van der Waals surface area contributed by atoms with E-state index < -0.39 is 0 Å². The Kier molecular flexibility index (Phi) is 4.64. The van der Waals surface area contributed by atoms with Crippen LogP contribution in [0.1, 0.15) is 25.1 Å². The lowest BCUT2D eigenvalue weighted by atomic mass is 10.1. The second-order valence-electron chi connectivity index (χ2n) is 5.95. The van der Waals surface area contributed by atoms with Crippen LogP contribution in [0.4, 0.5) is 11.8 Å². The summed E-state index contributed by atoms with van der Waals surface area (Å²) in [6.45, 7) is 6.71. The molecule has 1 aliphatic rings. The summed E-state index contributed by atoms with van der Waals surface area (Å²) in [6, 6.07) is 3.53. The first-order valence-electron chi connectivity index (χ1n) is 8.22. The van der Waals surface area contributed by atoms with Crippen LogP contribution in [0.15, 0.2) is 24.5 Å². The Bertz CT molecular complexity index is 672. The lowest BCUT2D eigenvalue weighted by molar-refractivity contribution is -0.135. The number of hydrogen-bond donors (Lipinski definition) is 1. The van der Waals surface area contributed by atoms with Gasteiger partial charge in [-0.25, -0.2) is 4.98 Å². The van der Waals surface area contributed by atoms with Gasteiger partial charge in [-0.05, 0) is 19.4 Å². The summed E-state index contributed by atoms with van der Waals surface area (Å²) >= 11 is 0. The normalized spacial score (nSPS) is 16.2. The number of carbonyl (C=O) groups excluding carboxylic acids is 1. The van der Waals surface area contributed by atoms with Crippen LogP contribution in [0.3, 0.4) is 0 Å². The first-order chi connectivity index (χ1) is 11.6. The minimum Gasteiger partial charge on any atom is -0.368 e. The van der Waals surface area contributed by atoms with Gasteiger partial charge in [0.1, 0.15) is 11.9 Å². The van der Waals surface area contributed by atoms with Crippen LogP contribution in [-0.4, -0.2) is 56.7 Å². The Hall–Kier alpha value is -2.64. The summed E-state index contributed by atoms with van der Waals surface area (Å²) < 4.78 is 1.74. The molecule has 2 N–H and O–H groups in total. The molecule has 0 spiro atoms. The highest BCUT2D eigenvalue weighted by molar-refractivity contribution is 5.80. The topological polar surface area (TPSA) is 93.2 Å². The molecule has 1 amide bonds. The van der Waals surface area contributed by atoms with Gasteiger partial charge in [-0.3, -0.25) is 9.48 Å². The number of amides is 1. The first-order valence-corrected chi connectivity index (χ1v) is 8.22. The summed E-state index contributed by atoms with van der Waals surface area (Å²) in [4.78, 5) is 25.2. The number of nitrogens with zero attached hydrogens (tertiary/aromatic N) is 6. The predicted octanol–water partition coefficient (Wildman–Crippen LogP) is 0.864. The molecular weight excluding hydrogens is 306 g/mol. The van der Waals surface area contributed by atoms with Gasteiger partial charge in [0.2, 0.25) is 11.9 Å².